The summed E-state index contributed by atoms with van der Waals surface area (Å²) in [5.41, 5.74) is 0.620. The molecule has 0 radical (unpaired) electrons. The maximum absolute atomic E-state index is 13.0. The molecule has 3 nitrogen and oxygen atoms in total. The minimum absolute atomic E-state index is 0.528. The third kappa shape index (κ3) is 3.91. The standard InChI is InChI=1S/C14H15F2N3/c1-17-13-3-2-4-14(19-13)18-6-5-10-7-11(15)9-12(16)8-10/h2-4,7-9H,5-6H2,1H3,(H2,17,18,19). The molecule has 1 aromatic heterocycles. The second kappa shape index (κ2) is 6.13. The van der Waals surface area contributed by atoms with Gasteiger partial charge in [0.25, 0.3) is 0 Å². The van der Waals surface area contributed by atoms with E-state index in [0.29, 0.717) is 18.5 Å². The van der Waals surface area contributed by atoms with Gasteiger partial charge in [-0.05, 0) is 36.2 Å². The fraction of sp³-hybridized carbons (Fsp3) is 0.214. The largest absolute Gasteiger partial charge is 0.373 e. The molecule has 2 N–H and O–H groups in total. The Kier molecular flexibility index (Phi) is 4.28. The molecule has 1 heterocycles. The number of anilines is 2. The van der Waals surface area contributed by atoms with Crippen LogP contribution in [0, 0.1) is 11.6 Å². The van der Waals surface area contributed by atoms with Crippen molar-refractivity contribution in [3.63, 3.8) is 0 Å². The minimum Gasteiger partial charge on any atom is -0.373 e. The number of halogens is 2. The predicted molar refractivity (Wildman–Crippen MR) is 72.3 cm³/mol. The number of nitrogens with one attached hydrogen (secondary N) is 2. The van der Waals surface area contributed by atoms with E-state index in [2.05, 4.69) is 15.6 Å². The van der Waals surface area contributed by atoms with Gasteiger partial charge in [-0.3, -0.25) is 0 Å². The summed E-state index contributed by atoms with van der Waals surface area (Å²) >= 11 is 0. The Bertz CT molecular complexity index is 538. The van der Waals surface area contributed by atoms with Crippen LogP contribution in [0.3, 0.4) is 0 Å². The van der Waals surface area contributed by atoms with E-state index in [9.17, 15) is 8.78 Å². The molecule has 5 heteroatoms. The average Bonchev–Trinajstić information content (AvgIpc) is 2.38. The van der Waals surface area contributed by atoms with Gasteiger partial charge in [0.15, 0.2) is 0 Å². The summed E-state index contributed by atoms with van der Waals surface area (Å²) in [5.74, 6) is 0.390. The molecule has 2 aromatic rings. The van der Waals surface area contributed by atoms with Gasteiger partial charge in [-0.1, -0.05) is 6.07 Å². The minimum atomic E-state index is -0.551. The van der Waals surface area contributed by atoms with Crippen LogP contribution in [0.5, 0.6) is 0 Å². The van der Waals surface area contributed by atoms with Crippen molar-refractivity contribution in [3.05, 3.63) is 53.6 Å². The van der Waals surface area contributed by atoms with Gasteiger partial charge >= 0.3 is 0 Å². The van der Waals surface area contributed by atoms with Gasteiger partial charge in [0.1, 0.15) is 23.3 Å². The van der Waals surface area contributed by atoms with E-state index in [1.165, 1.54) is 12.1 Å². The normalized spacial score (nSPS) is 10.3. The maximum atomic E-state index is 13.0. The van der Waals surface area contributed by atoms with Gasteiger partial charge in [0, 0.05) is 19.7 Å². The van der Waals surface area contributed by atoms with Gasteiger partial charge in [-0.15, -0.1) is 0 Å². The molecule has 1 aromatic carbocycles. The summed E-state index contributed by atoms with van der Waals surface area (Å²) in [6, 6.07) is 9.11. The van der Waals surface area contributed by atoms with Crippen LogP contribution in [0.4, 0.5) is 20.4 Å². The maximum Gasteiger partial charge on any atom is 0.128 e. The molecule has 0 saturated carbocycles. The van der Waals surface area contributed by atoms with Gasteiger partial charge in [0.2, 0.25) is 0 Å². The Morgan fingerprint density at radius 2 is 1.74 bits per heavy atom. The first-order chi connectivity index (χ1) is 9.17. The molecule has 19 heavy (non-hydrogen) atoms. The van der Waals surface area contributed by atoms with E-state index in [1.807, 2.05) is 18.2 Å². The third-order valence-electron chi connectivity index (χ3n) is 2.65. The Labute approximate surface area is 110 Å². The Hall–Kier alpha value is -2.17. The van der Waals surface area contributed by atoms with Crippen molar-refractivity contribution in [1.82, 2.24) is 4.98 Å². The highest BCUT2D eigenvalue weighted by molar-refractivity contribution is 5.44. The molecule has 0 aliphatic heterocycles. The summed E-state index contributed by atoms with van der Waals surface area (Å²) in [6.07, 6.45) is 0.528. The highest BCUT2D eigenvalue weighted by atomic mass is 19.1. The van der Waals surface area contributed by atoms with E-state index in [4.69, 9.17) is 0 Å². The molecule has 0 unspecified atom stereocenters. The molecule has 0 amide bonds. The van der Waals surface area contributed by atoms with Crippen molar-refractivity contribution < 1.29 is 8.78 Å². The zero-order valence-corrected chi connectivity index (χ0v) is 10.6. The fourth-order valence-electron chi connectivity index (χ4n) is 1.76. The lowest BCUT2D eigenvalue weighted by Crippen LogP contribution is -2.07. The summed E-state index contributed by atoms with van der Waals surface area (Å²) in [7, 11) is 1.79. The van der Waals surface area contributed by atoms with Gasteiger partial charge < -0.3 is 10.6 Å². The Balaban J connectivity index is 1.92. The topological polar surface area (TPSA) is 37.0 Å². The summed E-state index contributed by atoms with van der Waals surface area (Å²) in [6.45, 7) is 0.559. The molecule has 0 bridgehead atoms. The summed E-state index contributed by atoms with van der Waals surface area (Å²) in [4.78, 5) is 4.29. The van der Waals surface area contributed by atoms with Crippen LogP contribution in [-0.2, 0) is 6.42 Å². The molecular formula is C14H15F2N3. The van der Waals surface area contributed by atoms with Gasteiger partial charge in [0.05, 0.1) is 0 Å². The summed E-state index contributed by atoms with van der Waals surface area (Å²) < 4.78 is 26.0. The number of pyridine rings is 1. The second-order valence-electron chi connectivity index (χ2n) is 4.11. The lowest BCUT2D eigenvalue weighted by molar-refractivity contribution is 0.580. The lowest BCUT2D eigenvalue weighted by atomic mass is 10.1. The highest BCUT2D eigenvalue weighted by Gasteiger charge is 2.01. The Morgan fingerprint density at radius 3 is 2.42 bits per heavy atom. The number of nitrogens with zero attached hydrogens (tertiary/aromatic N) is 1. The van der Waals surface area contributed by atoms with Crippen LogP contribution in [0.25, 0.3) is 0 Å². The van der Waals surface area contributed by atoms with Crippen molar-refractivity contribution in [3.8, 4) is 0 Å². The number of hydrogen-bond acceptors (Lipinski definition) is 3. The molecule has 0 aliphatic rings. The molecule has 2 rings (SSSR count). The van der Waals surface area contributed by atoms with Crippen LogP contribution >= 0.6 is 0 Å². The smallest absolute Gasteiger partial charge is 0.128 e. The lowest BCUT2D eigenvalue weighted by Gasteiger charge is -2.07. The molecule has 0 atom stereocenters. The van der Waals surface area contributed by atoms with Crippen molar-refractivity contribution in [2.45, 2.75) is 6.42 Å². The SMILES string of the molecule is CNc1cccc(NCCc2cc(F)cc(F)c2)n1. The van der Waals surface area contributed by atoms with Crippen LogP contribution in [0.1, 0.15) is 5.56 Å². The average molecular weight is 263 g/mol. The number of benzene rings is 1. The van der Waals surface area contributed by atoms with Crippen LogP contribution in [-0.4, -0.2) is 18.6 Å². The van der Waals surface area contributed by atoms with E-state index in [0.717, 1.165) is 17.7 Å². The molecule has 0 aliphatic carbocycles. The number of rotatable bonds is 5. The fourth-order valence-corrected chi connectivity index (χ4v) is 1.76. The highest BCUT2D eigenvalue weighted by Crippen LogP contribution is 2.10. The monoisotopic (exact) mass is 263 g/mol. The zero-order valence-electron chi connectivity index (χ0n) is 10.6. The first kappa shape index (κ1) is 13.3. The van der Waals surface area contributed by atoms with Crippen LogP contribution in [0.2, 0.25) is 0 Å². The van der Waals surface area contributed by atoms with Gasteiger partial charge in [-0.2, -0.15) is 0 Å². The quantitative estimate of drug-likeness (QED) is 0.870. The van der Waals surface area contributed by atoms with Crippen molar-refractivity contribution in [1.29, 1.82) is 0 Å². The number of hydrogen-bond donors (Lipinski definition) is 2. The van der Waals surface area contributed by atoms with E-state index >= 15 is 0 Å². The Morgan fingerprint density at radius 1 is 1.05 bits per heavy atom. The van der Waals surface area contributed by atoms with E-state index in [-0.39, 0.29) is 0 Å². The zero-order chi connectivity index (χ0) is 13.7. The van der Waals surface area contributed by atoms with Crippen LogP contribution < -0.4 is 10.6 Å². The van der Waals surface area contributed by atoms with Crippen molar-refractivity contribution in [2.24, 2.45) is 0 Å². The predicted octanol–water partition coefficient (Wildman–Crippen LogP) is 3.06. The van der Waals surface area contributed by atoms with Crippen molar-refractivity contribution >= 4 is 11.6 Å². The first-order valence-corrected chi connectivity index (χ1v) is 6.01. The first-order valence-electron chi connectivity index (χ1n) is 6.01. The molecular weight excluding hydrogens is 248 g/mol. The molecule has 0 fully saturated rings. The second-order valence-corrected chi connectivity index (χ2v) is 4.11. The number of aromatic nitrogens is 1. The van der Waals surface area contributed by atoms with Crippen LogP contribution in [0.15, 0.2) is 36.4 Å². The van der Waals surface area contributed by atoms with Gasteiger partial charge in [-0.25, -0.2) is 13.8 Å². The molecule has 0 spiro atoms. The summed E-state index contributed by atoms with van der Waals surface area (Å²) in [5, 5.41) is 6.05. The van der Waals surface area contributed by atoms with E-state index in [1.54, 1.807) is 7.05 Å². The third-order valence-corrected chi connectivity index (χ3v) is 2.65. The molecule has 100 valence electrons. The van der Waals surface area contributed by atoms with E-state index < -0.39 is 11.6 Å². The molecule has 0 saturated heterocycles. The van der Waals surface area contributed by atoms with Crippen molar-refractivity contribution in [2.75, 3.05) is 24.2 Å².